The molecule has 21 heavy (non-hydrogen) atoms. The third kappa shape index (κ3) is 4.43. The first kappa shape index (κ1) is 17.2. The average Bonchev–Trinajstić information content (AvgIpc) is 2.87. The fraction of sp³-hybridized carbons (Fsp3) is 1.00. The van der Waals surface area contributed by atoms with E-state index in [2.05, 4.69) is 56.7 Å². The lowest BCUT2D eigenvalue weighted by molar-refractivity contribution is 0.0701. The van der Waals surface area contributed by atoms with E-state index < -0.39 is 0 Å². The van der Waals surface area contributed by atoms with Crippen molar-refractivity contribution >= 4 is 0 Å². The molecule has 0 radical (unpaired) electrons. The first-order valence-electron chi connectivity index (χ1n) is 9.10. The molecule has 2 heterocycles. The van der Waals surface area contributed by atoms with Gasteiger partial charge in [-0.3, -0.25) is 4.90 Å². The van der Waals surface area contributed by atoms with Crippen molar-refractivity contribution in [1.29, 1.82) is 0 Å². The molecule has 0 bridgehead atoms. The smallest absolute Gasteiger partial charge is 0.0244 e. The highest BCUT2D eigenvalue weighted by Crippen LogP contribution is 2.24. The zero-order valence-electron chi connectivity index (χ0n) is 15.1. The minimum absolute atomic E-state index is 0.669. The topological polar surface area (TPSA) is 18.5 Å². The van der Waals surface area contributed by atoms with Gasteiger partial charge in [-0.05, 0) is 44.6 Å². The summed E-state index contributed by atoms with van der Waals surface area (Å²) in [6.45, 7) is 20.4. The molecule has 124 valence electrons. The number of hydrogen-bond acceptors (Lipinski definition) is 3. The van der Waals surface area contributed by atoms with Gasteiger partial charge >= 0.3 is 0 Å². The zero-order chi connectivity index (χ0) is 15.6. The summed E-state index contributed by atoms with van der Waals surface area (Å²) in [5.74, 6) is 2.35. The van der Waals surface area contributed by atoms with Crippen molar-refractivity contribution in [2.75, 3.05) is 32.7 Å². The van der Waals surface area contributed by atoms with Crippen LogP contribution in [0.2, 0.25) is 0 Å². The second-order valence-electron chi connectivity index (χ2n) is 8.27. The highest BCUT2D eigenvalue weighted by molar-refractivity contribution is 4.91. The SMILES string of the molecule is CC(C)C1CN(CC2CCN(C(C)C)C2)C(C(C)C)CN1. The third-order valence-corrected chi connectivity index (χ3v) is 5.60. The molecule has 0 aromatic heterocycles. The fourth-order valence-electron chi connectivity index (χ4n) is 3.98. The molecule has 3 heteroatoms. The van der Waals surface area contributed by atoms with E-state index in [4.69, 9.17) is 0 Å². The predicted octanol–water partition coefficient (Wildman–Crippen LogP) is 2.67. The van der Waals surface area contributed by atoms with Crippen LogP contribution in [0, 0.1) is 17.8 Å². The summed E-state index contributed by atoms with van der Waals surface area (Å²) in [6.07, 6.45) is 1.39. The van der Waals surface area contributed by atoms with Gasteiger partial charge in [0.2, 0.25) is 0 Å². The number of hydrogen-bond donors (Lipinski definition) is 1. The Morgan fingerprint density at radius 3 is 2.24 bits per heavy atom. The molecule has 0 spiro atoms. The number of nitrogens with one attached hydrogen (secondary N) is 1. The number of nitrogens with zero attached hydrogens (tertiary/aromatic N) is 2. The molecule has 2 saturated heterocycles. The van der Waals surface area contributed by atoms with Crippen LogP contribution in [0.15, 0.2) is 0 Å². The summed E-state index contributed by atoms with van der Waals surface area (Å²) in [5.41, 5.74) is 0. The maximum atomic E-state index is 3.78. The van der Waals surface area contributed by atoms with E-state index in [9.17, 15) is 0 Å². The van der Waals surface area contributed by atoms with E-state index in [-0.39, 0.29) is 0 Å². The van der Waals surface area contributed by atoms with Gasteiger partial charge in [0.25, 0.3) is 0 Å². The van der Waals surface area contributed by atoms with Gasteiger partial charge in [-0.2, -0.15) is 0 Å². The molecule has 2 rings (SSSR count). The molecule has 0 aromatic rings. The largest absolute Gasteiger partial charge is 0.311 e. The highest BCUT2D eigenvalue weighted by Gasteiger charge is 2.34. The molecule has 3 atom stereocenters. The normalized spacial score (nSPS) is 32.7. The van der Waals surface area contributed by atoms with E-state index in [1.165, 1.54) is 39.1 Å². The number of piperazine rings is 1. The van der Waals surface area contributed by atoms with Gasteiger partial charge in [0.05, 0.1) is 0 Å². The third-order valence-electron chi connectivity index (χ3n) is 5.60. The van der Waals surface area contributed by atoms with Gasteiger partial charge < -0.3 is 10.2 Å². The maximum Gasteiger partial charge on any atom is 0.0244 e. The van der Waals surface area contributed by atoms with Gasteiger partial charge in [-0.1, -0.05) is 27.7 Å². The molecule has 0 amide bonds. The van der Waals surface area contributed by atoms with Crippen molar-refractivity contribution in [3.05, 3.63) is 0 Å². The van der Waals surface area contributed by atoms with Crippen LogP contribution >= 0.6 is 0 Å². The van der Waals surface area contributed by atoms with E-state index >= 15 is 0 Å². The van der Waals surface area contributed by atoms with Crippen molar-refractivity contribution < 1.29 is 0 Å². The van der Waals surface area contributed by atoms with Crippen molar-refractivity contribution in [2.45, 2.75) is 66.1 Å². The lowest BCUT2D eigenvalue weighted by Gasteiger charge is -2.44. The standard InChI is InChI=1S/C18H37N3/c1-13(2)17-12-21(18(9-19-17)14(3)4)11-16-7-8-20(10-16)15(5)6/h13-19H,7-12H2,1-6H3. The van der Waals surface area contributed by atoms with Crippen LogP contribution in [0.4, 0.5) is 0 Å². The molecule has 1 N–H and O–H groups in total. The molecule has 0 aliphatic carbocycles. The van der Waals surface area contributed by atoms with E-state index in [0.717, 1.165) is 17.8 Å². The van der Waals surface area contributed by atoms with Crippen molar-refractivity contribution in [3.63, 3.8) is 0 Å². The number of rotatable bonds is 5. The van der Waals surface area contributed by atoms with Gasteiger partial charge in [-0.25, -0.2) is 0 Å². The molecule has 0 aromatic carbocycles. The van der Waals surface area contributed by atoms with E-state index in [0.29, 0.717) is 18.1 Å². The predicted molar refractivity (Wildman–Crippen MR) is 91.6 cm³/mol. The molecular weight excluding hydrogens is 258 g/mol. The van der Waals surface area contributed by atoms with Crippen LogP contribution in [0.25, 0.3) is 0 Å². The van der Waals surface area contributed by atoms with Gasteiger partial charge in [0.1, 0.15) is 0 Å². The van der Waals surface area contributed by atoms with Crippen molar-refractivity contribution in [3.8, 4) is 0 Å². The Bertz CT molecular complexity index is 314. The molecule has 2 aliphatic rings. The average molecular weight is 296 g/mol. The fourth-order valence-corrected chi connectivity index (χ4v) is 3.98. The van der Waals surface area contributed by atoms with Gasteiger partial charge in [0.15, 0.2) is 0 Å². The Morgan fingerprint density at radius 1 is 1.00 bits per heavy atom. The summed E-state index contributed by atoms with van der Waals surface area (Å²) in [4.78, 5) is 5.46. The Morgan fingerprint density at radius 2 is 1.71 bits per heavy atom. The van der Waals surface area contributed by atoms with Gasteiger partial charge in [0, 0.05) is 44.3 Å². The Balaban J connectivity index is 1.94. The number of likely N-dealkylation sites (tertiary alicyclic amines) is 1. The first-order chi connectivity index (χ1) is 9.88. The molecule has 3 nitrogen and oxygen atoms in total. The maximum absolute atomic E-state index is 3.78. The Labute approximate surface area is 132 Å². The second-order valence-corrected chi connectivity index (χ2v) is 8.27. The van der Waals surface area contributed by atoms with Crippen LogP contribution in [0.5, 0.6) is 0 Å². The summed E-state index contributed by atoms with van der Waals surface area (Å²) in [5, 5.41) is 3.78. The van der Waals surface area contributed by atoms with E-state index in [1.807, 2.05) is 0 Å². The minimum Gasteiger partial charge on any atom is -0.311 e. The zero-order valence-corrected chi connectivity index (χ0v) is 15.1. The summed E-state index contributed by atoms with van der Waals surface area (Å²) in [6, 6.07) is 2.10. The molecule has 3 unspecified atom stereocenters. The van der Waals surface area contributed by atoms with Crippen LogP contribution in [-0.4, -0.2) is 60.6 Å². The van der Waals surface area contributed by atoms with Crippen molar-refractivity contribution in [1.82, 2.24) is 15.1 Å². The van der Waals surface area contributed by atoms with E-state index in [1.54, 1.807) is 0 Å². The molecule has 2 fully saturated rings. The minimum atomic E-state index is 0.669. The lowest BCUT2D eigenvalue weighted by Crippen LogP contribution is -2.60. The van der Waals surface area contributed by atoms with Crippen molar-refractivity contribution in [2.24, 2.45) is 17.8 Å². The molecular formula is C18H37N3. The van der Waals surface area contributed by atoms with Gasteiger partial charge in [-0.15, -0.1) is 0 Å². The summed E-state index contributed by atoms with van der Waals surface area (Å²) < 4.78 is 0. The Hall–Kier alpha value is -0.120. The lowest BCUT2D eigenvalue weighted by atomic mass is 9.93. The summed E-state index contributed by atoms with van der Waals surface area (Å²) >= 11 is 0. The van der Waals surface area contributed by atoms with Crippen LogP contribution < -0.4 is 5.32 Å². The van der Waals surface area contributed by atoms with Crippen LogP contribution in [0.1, 0.15) is 48.0 Å². The van der Waals surface area contributed by atoms with Crippen LogP contribution in [0.3, 0.4) is 0 Å². The Kier molecular flexibility index (Phi) is 6.10. The first-order valence-corrected chi connectivity index (χ1v) is 9.10. The summed E-state index contributed by atoms with van der Waals surface area (Å²) in [7, 11) is 0. The van der Waals surface area contributed by atoms with Crippen LogP contribution in [-0.2, 0) is 0 Å². The quantitative estimate of drug-likeness (QED) is 0.841. The second kappa shape index (κ2) is 7.43. The molecule has 0 saturated carbocycles. The molecule has 2 aliphatic heterocycles. The monoisotopic (exact) mass is 295 g/mol. The highest BCUT2D eigenvalue weighted by atomic mass is 15.3.